The second-order valence-corrected chi connectivity index (χ2v) is 8.73. The molecule has 0 saturated heterocycles. The highest BCUT2D eigenvalue weighted by atomic mass is 16.5. The molecule has 6 heteroatoms. The minimum absolute atomic E-state index is 0.172. The average molecular weight is 423 g/mol. The monoisotopic (exact) mass is 422 g/mol. The number of amides is 1. The number of ether oxygens (including phenoxy) is 1. The molecule has 0 aliphatic carbocycles. The van der Waals surface area contributed by atoms with E-state index in [1.54, 1.807) is 7.11 Å². The summed E-state index contributed by atoms with van der Waals surface area (Å²) in [6, 6.07) is 14.4. The fourth-order valence-electron chi connectivity index (χ4n) is 4.60. The first-order valence-electron chi connectivity index (χ1n) is 11.2. The van der Waals surface area contributed by atoms with Crippen LogP contribution in [0, 0.1) is 0 Å². The molecule has 166 valence electrons. The summed E-state index contributed by atoms with van der Waals surface area (Å²) in [5.41, 5.74) is 4.54. The van der Waals surface area contributed by atoms with Crippen LogP contribution in [0.25, 0.3) is 0 Å². The summed E-state index contributed by atoms with van der Waals surface area (Å²) in [7, 11) is 5.92. The van der Waals surface area contributed by atoms with Crippen LogP contribution in [0.5, 0.6) is 5.75 Å². The lowest BCUT2D eigenvalue weighted by atomic mass is 10.1. The Morgan fingerprint density at radius 3 is 2.61 bits per heavy atom. The van der Waals surface area contributed by atoms with Gasteiger partial charge in [0.25, 0.3) is 5.91 Å². The molecule has 31 heavy (non-hydrogen) atoms. The van der Waals surface area contributed by atoms with Crippen molar-refractivity contribution in [3.05, 3.63) is 59.2 Å². The Hall–Kier alpha value is -2.57. The molecule has 4 rings (SSSR count). The molecule has 2 heterocycles. The van der Waals surface area contributed by atoms with E-state index in [1.165, 1.54) is 16.8 Å². The normalized spacial score (nSPS) is 15.6. The van der Waals surface area contributed by atoms with E-state index in [4.69, 9.17) is 4.74 Å². The maximum atomic E-state index is 13.4. The third kappa shape index (κ3) is 4.86. The molecule has 0 saturated carbocycles. The summed E-state index contributed by atoms with van der Waals surface area (Å²) in [6.07, 6.45) is 1.05. The first-order chi connectivity index (χ1) is 15.1. The topological polar surface area (TPSA) is 39.3 Å². The van der Waals surface area contributed by atoms with Crippen LogP contribution in [0.4, 0.5) is 5.69 Å². The number of carbonyl (C=O) groups excluding carboxylic acids is 1. The smallest absolute Gasteiger partial charge is 0.256 e. The Bertz CT molecular complexity index is 914. The number of para-hydroxylation sites is 2. The Labute approximate surface area is 186 Å². The van der Waals surface area contributed by atoms with Gasteiger partial charge in [-0.2, -0.15) is 0 Å². The van der Waals surface area contributed by atoms with Gasteiger partial charge in [0.05, 0.1) is 18.4 Å². The molecule has 0 radical (unpaired) electrons. The number of nitrogens with zero attached hydrogens (tertiary/aromatic N) is 4. The van der Waals surface area contributed by atoms with Crippen molar-refractivity contribution in [2.24, 2.45) is 0 Å². The van der Waals surface area contributed by atoms with E-state index < -0.39 is 0 Å². The van der Waals surface area contributed by atoms with Crippen LogP contribution in [0.1, 0.15) is 21.5 Å². The van der Waals surface area contributed by atoms with Crippen molar-refractivity contribution in [1.82, 2.24) is 14.7 Å². The molecule has 0 fully saturated rings. The van der Waals surface area contributed by atoms with Crippen LogP contribution < -0.4 is 9.64 Å². The number of hydrogen-bond donors (Lipinski definition) is 0. The largest absolute Gasteiger partial charge is 0.496 e. The summed E-state index contributed by atoms with van der Waals surface area (Å²) < 4.78 is 5.56. The van der Waals surface area contributed by atoms with Gasteiger partial charge in [-0.25, -0.2) is 0 Å². The van der Waals surface area contributed by atoms with E-state index in [9.17, 15) is 4.79 Å². The summed E-state index contributed by atoms with van der Waals surface area (Å²) in [4.78, 5) is 22.4. The van der Waals surface area contributed by atoms with Gasteiger partial charge in [0.2, 0.25) is 0 Å². The molecule has 2 aliphatic rings. The van der Waals surface area contributed by atoms with Gasteiger partial charge in [-0.1, -0.05) is 30.3 Å². The molecule has 6 nitrogen and oxygen atoms in total. The van der Waals surface area contributed by atoms with Gasteiger partial charge in [-0.3, -0.25) is 9.69 Å². The number of rotatable bonds is 9. The van der Waals surface area contributed by atoms with Crippen LogP contribution >= 0.6 is 0 Å². The second-order valence-electron chi connectivity index (χ2n) is 8.73. The van der Waals surface area contributed by atoms with Gasteiger partial charge in [-0.05, 0) is 38.2 Å². The Kier molecular flexibility index (Phi) is 6.78. The fraction of sp³-hybridized carbons (Fsp3) is 0.480. The summed E-state index contributed by atoms with van der Waals surface area (Å²) in [5.74, 6) is 1.09. The van der Waals surface area contributed by atoms with E-state index in [0.29, 0.717) is 0 Å². The zero-order valence-corrected chi connectivity index (χ0v) is 19.0. The van der Waals surface area contributed by atoms with Gasteiger partial charge >= 0.3 is 0 Å². The molecule has 0 atom stereocenters. The van der Waals surface area contributed by atoms with Crippen molar-refractivity contribution in [2.45, 2.75) is 13.0 Å². The van der Waals surface area contributed by atoms with Gasteiger partial charge in [0.1, 0.15) is 5.75 Å². The highest BCUT2D eigenvalue weighted by Crippen LogP contribution is 2.34. The van der Waals surface area contributed by atoms with Crippen LogP contribution in [0.15, 0.2) is 42.5 Å². The van der Waals surface area contributed by atoms with E-state index in [0.717, 1.165) is 70.1 Å². The van der Waals surface area contributed by atoms with Crippen LogP contribution in [0.2, 0.25) is 0 Å². The molecule has 0 bridgehead atoms. The molecule has 2 aliphatic heterocycles. The lowest BCUT2D eigenvalue weighted by Crippen LogP contribution is -2.41. The van der Waals surface area contributed by atoms with Gasteiger partial charge in [0.15, 0.2) is 0 Å². The Balaban J connectivity index is 1.47. The van der Waals surface area contributed by atoms with E-state index in [-0.39, 0.29) is 5.91 Å². The van der Waals surface area contributed by atoms with Gasteiger partial charge < -0.3 is 19.4 Å². The maximum Gasteiger partial charge on any atom is 0.256 e. The van der Waals surface area contributed by atoms with E-state index >= 15 is 0 Å². The molecule has 1 amide bonds. The SMILES string of the molecule is COc1ccccc1CN(CCN(C)C)CCN1CCN2CCc3cccc(c32)C1=O. The van der Waals surface area contributed by atoms with Gasteiger partial charge in [-0.15, -0.1) is 0 Å². The van der Waals surface area contributed by atoms with Crippen LogP contribution in [-0.2, 0) is 13.0 Å². The third-order valence-corrected chi connectivity index (χ3v) is 6.38. The highest BCUT2D eigenvalue weighted by Gasteiger charge is 2.31. The first-order valence-corrected chi connectivity index (χ1v) is 11.2. The zero-order chi connectivity index (χ0) is 21.8. The highest BCUT2D eigenvalue weighted by molar-refractivity contribution is 6.01. The standard InChI is InChI=1S/C25H34N4O2/c1-26(2)13-14-27(19-21-7-4-5-10-23(21)31-3)15-16-29-18-17-28-12-11-20-8-6-9-22(24(20)28)25(29)30/h4-10H,11-19H2,1-3H3. The quantitative estimate of drug-likeness (QED) is 0.621. The number of benzene rings is 2. The maximum absolute atomic E-state index is 13.4. The van der Waals surface area contributed by atoms with E-state index in [2.05, 4.69) is 47.0 Å². The van der Waals surface area contributed by atoms with Crippen LogP contribution in [-0.4, -0.2) is 87.6 Å². The van der Waals surface area contributed by atoms with Crippen molar-refractivity contribution in [2.75, 3.05) is 71.9 Å². The first kappa shape index (κ1) is 21.7. The number of hydrogen-bond acceptors (Lipinski definition) is 5. The van der Waals surface area contributed by atoms with Crippen molar-refractivity contribution >= 4 is 11.6 Å². The predicted octanol–water partition coefficient (Wildman–Crippen LogP) is 2.58. The van der Waals surface area contributed by atoms with Gasteiger partial charge in [0, 0.05) is 57.9 Å². The Morgan fingerprint density at radius 2 is 1.81 bits per heavy atom. The molecule has 0 aromatic heterocycles. The third-order valence-electron chi connectivity index (χ3n) is 6.38. The molecular formula is C25H34N4O2. The molecule has 0 spiro atoms. The molecule has 0 unspecified atom stereocenters. The van der Waals surface area contributed by atoms with Crippen molar-refractivity contribution < 1.29 is 9.53 Å². The summed E-state index contributed by atoms with van der Waals surface area (Å²) in [6.45, 7) is 7.03. The minimum Gasteiger partial charge on any atom is -0.496 e. The lowest BCUT2D eigenvalue weighted by molar-refractivity contribution is 0.0742. The predicted molar refractivity (Wildman–Crippen MR) is 125 cm³/mol. The number of carbonyl (C=O) groups is 1. The minimum atomic E-state index is 0.172. The molecule has 2 aromatic carbocycles. The van der Waals surface area contributed by atoms with E-state index in [1.807, 2.05) is 29.2 Å². The van der Waals surface area contributed by atoms with Crippen LogP contribution in [0.3, 0.4) is 0 Å². The average Bonchev–Trinajstić information content (AvgIpc) is 3.14. The Morgan fingerprint density at radius 1 is 0.968 bits per heavy atom. The fourth-order valence-corrected chi connectivity index (χ4v) is 4.60. The van der Waals surface area contributed by atoms with Crippen molar-refractivity contribution in [1.29, 1.82) is 0 Å². The zero-order valence-electron chi connectivity index (χ0n) is 19.0. The second kappa shape index (κ2) is 9.71. The van der Waals surface area contributed by atoms with Crippen molar-refractivity contribution in [3.8, 4) is 5.75 Å². The number of anilines is 1. The summed E-state index contributed by atoms with van der Waals surface area (Å²) in [5, 5.41) is 0. The number of likely N-dealkylation sites (N-methyl/N-ethyl adjacent to an activating group) is 1. The number of methoxy groups -OCH3 is 1. The summed E-state index contributed by atoms with van der Waals surface area (Å²) >= 11 is 0. The lowest BCUT2D eigenvalue weighted by Gasteiger charge is -2.28. The molecule has 0 N–H and O–H groups in total. The van der Waals surface area contributed by atoms with Crippen molar-refractivity contribution in [3.63, 3.8) is 0 Å². The molecular weight excluding hydrogens is 388 g/mol. The molecule has 2 aromatic rings.